The van der Waals surface area contributed by atoms with E-state index in [1.54, 1.807) is 0 Å². The summed E-state index contributed by atoms with van der Waals surface area (Å²) in [6.45, 7) is 2.21. The van der Waals surface area contributed by atoms with E-state index in [1.807, 2.05) is 0 Å². The second kappa shape index (κ2) is 19.6. The second-order valence-electron chi connectivity index (χ2n) is 10.7. The van der Waals surface area contributed by atoms with Gasteiger partial charge in [0.2, 0.25) is 5.91 Å². The van der Waals surface area contributed by atoms with E-state index >= 15 is 0 Å². The maximum absolute atomic E-state index is 13.1. The monoisotopic (exact) mass is 577 g/mol. The summed E-state index contributed by atoms with van der Waals surface area (Å²) in [5.41, 5.74) is -2.50. The molecule has 6 N–H and O–H groups in total. The average molecular weight is 578 g/mol. The van der Waals surface area contributed by atoms with Gasteiger partial charge < -0.3 is 30.8 Å². The maximum atomic E-state index is 13.1. The minimum absolute atomic E-state index is 0.0248. The number of carboxylic acid groups (broad SMARTS) is 3. The van der Waals surface area contributed by atoms with Gasteiger partial charge in [0.25, 0.3) is 0 Å². The highest BCUT2D eigenvalue weighted by molar-refractivity contribution is 5.94. The van der Waals surface area contributed by atoms with Gasteiger partial charge in [0.15, 0.2) is 5.60 Å². The van der Waals surface area contributed by atoms with Crippen LogP contribution in [0.15, 0.2) is 36.4 Å². The number of unbranched alkanes of at least 4 members (excludes halogenated alkanes) is 12. The van der Waals surface area contributed by atoms with Crippen molar-refractivity contribution in [3.8, 4) is 5.75 Å². The van der Waals surface area contributed by atoms with Gasteiger partial charge in [-0.05, 0) is 30.5 Å². The lowest BCUT2D eigenvalue weighted by atomic mass is 9.82. The number of rotatable bonds is 23. The smallest absolute Gasteiger partial charge is 0.337 e. The van der Waals surface area contributed by atoms with Gasteiger partial charge in [0.1, 0.15) is 11.8 Å². The van der Waals surface area contributed by atoms with Crippen molar-refractivity contribution >= 4 is 23.8 Å². The third-order valence-electron chi connectivity index (χ3n) is 7.13. The SMILES string of the molecule is CCCCCCCCCCCCCC/C=C/C(C(=O)N[C@@H](Cc1ccc(O)cc1)C(=O)O)C(O)(CC(=O)O)C(=O)O. The molecule has 0 fully saturated rings. The van der Waals surface area contributed by atoms with Gasteiger partial charge in [0, 0.05) is 6.42 Å². The quantitative estimate of drug-likeness (QED) is 0.0765. The Balaban J connectivity index is 2.74. The fourth-order valence-electron chi connectivity index (χ4n) is 4.68. The van der Waals surface area contributed by atoms with Crippen LogP contribution in [0.3, 0.4) is 0 Å². The van der Waals surface area contributed by atoms with Crippen LogP contribution in [0.2, 0.25) is 0 Å². The Bertz CT molecular complexity index is 976. The van der Waals surface area contributed by atoms with Crippen LogP contribution >= 0.6 is 0 Å². The highest BCUT2D eigenvalue weighted by atomic mass is 16.4. The molecule has 10 nitrogen and oxygen atoms in total. The average Bonchev–Trinajstić information content (AvgIpc) is 2.91. The van der Waals surface area contributed by atoms with Crippen LogP contribution in [0.5, 0.6) is 5.75 Å². The first kappa shape index (κ1) is 35.6. The fourth-order valence-corrected chi connectivity index (χ4v) is 4.68. The predicted molar refractivity (Wildman–Crippen MR) is 155 cm³/mol. The lowest BCUT2D eigenvalue weighted by Crippen LogP contribution is -2.55. The van der Waals surface area contributed by atoms with Crippen molar-refractivity contribution in [1.29, 1.82) is 0 Å². The molecule has 0 aliphatic rings. The predicted octanol–water partition coefficient (Wildman–Crippen LogP) is 5.06. The van der Waals surface area contributed by atoms with Crippen molar-refractivity contribution in [2.45, 2.75) is 115 Å². The molecule has 1 amide bonds. The first-order chi connectivity index (χ1) is 19.5. The Kier molecular flexibility index (Phi) is 17.1. The third kappa shape index (κ3) is 14.2. The number of benzene rings is 1. The summed E-state index contributed by atoms with van der Waals surface area (Å²) in [5.74, 6) is -7.91. The zero-order chi connectivity index (χ0) is 30.7. The third-order valence-corrected chi connectivity index (χ3v) is 7.13. The molecule has 0 radical (unpaired) electrons. The van der Waals surface area contributed by atoms with Crippen LogP contribution in [0.25, 0.3) is 0 Å². The van der Waals surface area contributed by atoms with Gasteiger partial charge in [-0.2, -0.15) is 0 Å². The number of aromatic hydroxyl groups is 1. The Hall–Kier alpha value is -3.40. The van der Waals surface area contributed by atoms with Crippen molar-refractivity contribution in [2.24, 2.45) is 5.92 Å². The van der Waals surface area contributed by atoms with Gasteiger partial charge >= 0.3 is 17.9 Å². The molecule has 2 unspecified atom stereocenters. The Morgan fingerprint density at radius 3 is 1.80 bits per heavy atom. The number of hydrogen-bond acceptors (Lipinski definition) is 6. The molecule has 0 saturated carbocycles. The van der Waals surface area contributed by atoms with Gasteiger partial charge in [-0.1, -0.05) is 102 Å². The largest absolute Gasteiger partial charge is 0.508 e. The number of phenols is 1. The van der Waals surface area contributed by atoms with Crippen LogP contribution in [-0.2, 0) is 25.6 Å². The number of hydrogen-bond donors (Lipinski definition) is 6. The molecule has 0 aromatic heterocycles. The minimum Gasteiger partial charge on any atom is -0.508 e. The van der Waals surface area contributed by atoms with E-state index in [0.29, 0.717) is 12.0 Å². The molecule has 1 aromatic rings. The molecular formula is C31H47NO9. The standard InChI is InChI=1S/C31H47NO9/c1-2-3-4-5-6-7-8-9-10-11-12-13-14-15-16-25(31(41,30(39)40)22-27(34)35)28(36)32-26(29(37)38)21-23-17-19-24(33)20-18-23/h15-20,25-26,33,41H,2-14,21-22H2,1H3,(H,32,36)(H,34,35)(H,37,38)(H,39,40)/b16-15+/t25?,26-,31?/m0/s1. The fraction of sp³-hybridized carbons (Fsp3) is 0.613. The summed E-state index contributed by atoms with van der Waals surface area (Å²) >= 11 is 0. The molecule has 0 saturated heterocycles. The van der Waals surface area contributed by atoms with Crippen molar-refractivity contribution in [3.63, 3.8) is 0 Å². The highest BCUT2D eigenvalue weighted by Crippen LogP contribution is 2.26. The van der Waals surface area contributed by atoms with Crippen LogP contribution in [0.1, 0.15) is 102 Å². The summed E-state index contributed by atoms with van der Waals surface area (Å²) in [7, 11) is 0. The van der Waals surface area contributed by atoms with E-state index < -0.39 is 47.8 Å². The number of aliphatic hydroxyl groups is 1. The summed E-state index contributed by atoms with van der Waals surface area (Å²) in [6, 6.07) is 4.17. The number of aliphatic carboxylic acids is 3. The van der Waals surface area contributed by atoms with Gasteiger partial charge in [-0.15, -0.1) is 0 Å². The van der Waals surface area contributed by atoms with Crippen LogP contribution in [-0.4, -0.2) is 61.0 Å². The number of carboxylic acids is 3. The molecule has 0 spiro atoms. The van der Waals surface area contributed by atoms with Crippen LogP contribution in [0.4, 0.5) is 0 Å². The van der Waals surface area contributed by atoms with Gasteiger partial charge in [-0.3, -0.25) is 9.59 Å². The van der Waals surface area contributed by atoms with Crippen molar-refractivity contribution in [3.05, 3.63) is 42.0 Å². The Morgan fingerprint density at radius 1 is 0.829 bits per heavy atom. The highest BCUT2D eigenvalue weighted by Gasteiger charge is 2.49. The number of phenolic OH excluding ortho intramolecular Hbond substituents is 1. The topological polar surface area (TPSA) is 181 Å². The second-order valence-corrected chi connectivity index (χ2v) is 10.7. The molecule has 0 aliphatic heterocycles. The molecule has 3 atom stereocenters. The molecular weight excluding hydrogens is 530 g/mol. The molecule has 10 heteroatoms. The zero-order valence-electron chi connectivity index (χ0n) is 24.1. The number of carbonyl (C=O) groups is 4. The summed E-state index contributed by atoms with van der Waals surface area (Å²) in [6.07, 6.45) is 15.7. The number of amides is 1. The number of carbonyl (C=O) groups excluding carboxylic acids is 1. The lowest BCUT2D eigenvalue weighted by Gasteiger charge is -2.29. The van der Waals surface area contributed by atoms with E-state index in [-0.39, 0.29) is 12.2 Å². The normalized spacial score (nSPS) is 14.3. The van der Waals surface area contributed by atoms with E-state index in [0.717, 1.165) is 31.8 Å². The molecule has 1 rings (SSSR count). The molecule has 0 heterocycles. The number of nitrogens with one attached hydrogen (secondary N) is 1. The lowest BCUT2D eigenvalue weighted by molar-refractivity contribution is -0.172. The van der Waals surface area contributed by atoms with E-state index in [9.17, 15) is 44.7 Å². The van der Waals surface area contributed by atoms with Crippen LogP contribution in [0, 0.1) is 5.92 Å². The molecule has 0 bridgehead atoms. The summed E-state index contributed by atoms with van der Waals surface area (Å²) < 4.78 is 0. The van der Waals surface area contributed by atoms with E-state index in [4.69, 9.17) is 0 Å². The van der Waals surface area contributed by atoms with Crippen LogP contribution < -0.4 is 5.32 Å². The van der Waals surface area contributed by atoms with E-state index in [1.165, 1.54) is 81.7 Å². The van der Waals surface area contributed by atoms with E-state index in [2.05, 4.69) is 12.2 Å². The molecule has 1 aromatic carbocycles. The van der Waals surface area contributed by atoms with Crippen molar-refractivity contribution in [2.75, 3.05) is 0 Å². The zero-order valence-corrected chi connectivity index (χ0v) is 24.1. The summed E-state index contributed by atoms with van der Waals surface area (Å²) in [5, 5.41) is 51.0. The Labute approximate surface area is 242 Å². The summed E-state index contributed by atoms with van der Waals surface area (Å²) in [4.78, 5) is 48.2. The molecule has 230 valence electrons. The maximum Gasteiger partial charge on any atom is 0.337 e. The molecule has 41 heavy (non-hydrogen) atoms. The molecule has 0 aliphatic carbocycles. The Morgan fingerprint density at radius 2 is 1.34 bits per heavy atom. The van der Waals surface area contributed by atoms with Crippen molar-refractivity contribution < 1.29 is 44.7 Å². The number of allylic oxidation sites excluding steroid dienone is 1. The first-order valence-electron chi connectivity index (χ1n) is 14.7. The van der Waals surface area contributed by atoms with Crippen molar-refractivity contribution in [1.82, 2.24) is 5.32 Å². The van der Waals surface area contributed by atoms with Gasteiger partial charge in [-0.25, -0.2) is 9.59 Å². The minimum atomic E-state index is -2.98. The van der Waals surface area contributed by atoms with Gasteiger partial charge in [0.05, 0.1) is 12.3 Å². The first-order valence-corrected chi connectivity index (χ1v) is 14.7.